The summed E-state index contributed by atoms with van der Waals surface area (Å²) in [4.78, 5) is 0. The van der Waals surface area contributed by atoms with Gasteiger partial charge in [0.25, 0.3) is 0 Å². The number of rotatable bonds is 3. The first-order chi connectivity index (χ1) is 12.8. The first-order valence-electron chi connectivity index (χ1n) is 7.81. The molecule has 0 radical (unpaired) electrons. The molecule has 3 atom stereocenters. The van der Waals surface area contributed by atoms with Crippen molar-refractivity contribution in [3.05, 3.63) is 64.7 Å². The molecule has 1 aliphatic rings. The minimum absolute atomic E-state index is 0.356. The van der Waals surface area contributed by atoms with Crippen molar-refractivity contribution in [2.24, 2.45) is 11.0 Å². The molecule has 0 bridgehead atoms. The van der Waals surface area contributed by atoms with E-state index < -0.39 is 58.4 Å². The second-order valence-electron chi connectivity index (χ2n) is 5.96. The van der Waals surface area contributed by atoms with Gasteiger partial charge in [0.05, 0.1) is 23.3 Å². The van der Waals surface area contributed by atoms with Crippen molar-refractivity contribution in [3.8, 4) is 6.07 Å². The number of halogens is 4. The van der Waals surface area contributed by atoms with Crippen LogP contribution in [0.15, 0.2) is 35.4 Å². The van der Waals surface area contributed by atoms with Gasteiger partial charge in [-0.1, -0.05) is 18.2 Å². The van der Waals surface area contributed by atoms with Gasteiger partial charge in [-0.05, 0) is 19.1 Å². The van der Waals surface area contributed by atoms with E-state index in [1.165, 1.54) is 0 Å². The Morgan fingerprint density at radius 2 is 1.70 bits per heavy atom. The number of aliphatic hydroxyl groups excluding tert-OH is 2. The lowest BCUT2D eigenvalue weighted by Crippen LogP contribution is -2.37. The zero-order valence-corrected chi connectivity index (χ0v) is 13.9. The van der Waals surface area contributed by atoms with Crippen LogP contribution in [0, 0.1) is 47.4 Å². The molecule has 2 aromatic rings. The highest BCUT2D eigenvalue weighted by atomic mass is 19.2. The van der Waals surface area contributed by atoms with E-state index in [1.54, 1.807) is 36.4 Å². The zero-order chi connectivity index (χ0) is 19.9. The third-order valence-electron chi connectivity index (χ3n) is 4.39. The molecule has 0 fully saturated rings. The average Bonchev–Trinajstić information content (AvgIpc) is 3.02. The Labute approximate surface area is 151 Å². The minimum atomic E-state index is -2.18. The van der Waals surface area contributed by atoms with Gasteiger partial charge in [-0.3, -0.25) is 0 Å². The highest BCUT2D eigenvalue weighted by Crippen LogP contribution is 2.38. The van der Waals surface area contributed by atoms with Crippen LogP contribution < -0.4 is 5.01 Å². The Bertz CT molecular complexity index is 930. The molecule has 5 nitrogen and oxygen atoms in total. The summed E-state index contributed by atoms with van der Waals surface area (Å²) in [6, 6.07) is 9.72. The van der Waals surface area contributed by atoms with Crippen LogP contribution in [0.1, 0.15) is 17.2 Å². The molecule has 0 spiro atoms. The van der Waals surface area contributed by atoms with Gasteiger partial charge in [-0.25, -0.2) is 22.6 Å². The van der Waals surface area contributed by atoms with E-state index in [-0.39, 0.29) is 0 Å². The van der Waals surface area contributed by atoms with Crippen molar-refractivity contribution in [3.63, 3.8) is 0 Å². The van der Waals surface area contributed by atoms with Gasteiger partial charge >= 0.3 is 0 Å². The van der Waals surface area contributed by atoms with Gasteiger partial charge in [0.15, 0.2) is 23.7 Å². The number of aliphatic hydroxyl groups is 2. The number of hydrogen-bond acceptors (Lipinski definition) is 5. The van der Waals surface area contributed by atoms with E-state index in [4.69, 9.17) is 0 Å². The predicted octanol–water partition coefficient (Wildman–Crippen LogP) is 2.92. The summed E-state index contributed by atoms with van der Waals surface area (Å²) in [6.45, 7) is 0.879. The van der Waals surface area contributed by atoms with Crippen molar-refractivity contribution in [2.45, 2.75) is 19.3 Å². The van der Waals surface area contributed by atoms with Crippen LogP contribution in [0.4, 0.5) is 23.2 Å². The Kier molecular flexibility index (Phi) is 4.87. The summed E-state index contributed by atoms with van der Waals surface area (Å²) in [6.07, 6.45) is -3.84. The second-order valence-corrected chi connectivity index (χ2v) is 5.96. The molecule has 2 aromatic carbocycles. The average molecular weight is 379 g/mol. The largest absolute Gasteiger partial charge is 0.387 e. The minimum Gasteiger partial charge on any atom is -0.387 e. The van der Waals surface area contributed by atoms with Crippen molar-refractivity contribution in [2.75, 3.05) is 5.01 Å². The number of benzene rings is 2. The SMILES string of the molecule is Cc1c(F)c(F)c(F)c(C(O)C2C(C#N)=NN(c3ccccc3)C2O)c1F. The lowest BCUT2D eigenvalue weighted by Gasteiger charge is -2.26. The molecule has 0 aliphatic carbocycles. The molecule has 0 saturated heterocycles. The van der Waals surface area contributed by atoms with Gasteiger partial charge in [-0.15, -0.1) is 0 Å². The van der Waals surface area contributed by atoms with Gasteiger partial charge in [0.1, 0.15) is 17.6 Å². The fraction of sp³-hybridized carbons (Fsp3) is 0.222. The molecule has 3 unspecified atom stereocenters. The van der Waals surface area contributed by atoms with Gasteiger partial charge < -0.3 is 10.2 Å². The van der Waals surface area contributed by atoms with Gasteiger partial charge in [0.2, 0.25) is 0 Å². The number of hydrogen-bond donors (Lipinski definition) is 2. The topological polar surface area (TPSA) is 79.8 Å². The van der Waals surface area contributed by atoms with E-state index in [9.17, 15) is 33.0 Å². The lowest BCUT2D eigenvalue weighted by molar-refractivity contribution is 0.0487. The van der Waals surface area contributed by atoms with Crippen LogP contribution in [0.25, 0.3) is 0 Å². The molecular weight excluding hydrogens is 366 g/mol. The highest BCUT2D eigenvalue weighted by Gasteiger charge is 2.45. The van der Waals surface area contributed by atoms with Crippen LogP contribution in [0.5, 0.6) is 0 Å². The number of hydrazone groups is 1. The third kappa shape index (κ3) is 2.93. The summed E-state index contributed by atoms with van der Waals surface area (Å²) >= 11 is 0. The van der Waals surface area contributed by atoms with Gasteiger partial charge in [-0.2, -0.15) is 10.4 Å². The molecule has 140 valence electrons. The molecule has 9 heteroatoms. The molecule has 1 heterocycles. The maximum Gasteiger partial charge on any atom is 0.195 e. The van der Waals surface area contributed by atoms with E-state index >= 15 is 0 Å². The molecule has 0 aromatic heterocycles. The fourth-order valence-electron chi connectivity index (χ4n) is 2.95. The standard InChI is InChI=1S/C18H13F4N3O2/c1-8-13(19)12(15(21)16(22)14(8)20)17(26)11-10(7-23)24-25(18(11)27)9-5-3-2-4-6-9/h2-6,11,17-18,26-27H,1H3. The molecular formula is C18H13F4N3O2. The van der Waals surface area contributed by atoms with E-state index in [1.807, 2.05) is 0 Å². The Balaban J connectivity index is 2.07. The highest BCUT2D eigenvalue weighted by molar-refractivity contribution is 6.03. The zero-order valence-electron chi connectivity index (χ0n) is 13.9. The molecule has 0 amide bonds. The first-order valence-corrected chi connectivity index (χ1v) is 7.81. The van der Waals surface area contributed by atoms with E-state index in [0.717, 1.165) is 11.9 Å². The summed E-state index contributed by atoms with van der Waals surface area (Å²) in [5.74, 6) is -8.67. The van der Waals surface area contributed by atoms with Crippen LogP contribution in [-0.4, -0.2) is 22.2 Å². The first kappa shape index (κ1) is 18.8. The molecule has 0 saturated carbocycles. The maximum absolute atomic E-state index is 14.4. The fourth-order valence-corrected chi connectivity index (χ4v) is 2.95. The Morgan fingerprint density at radius 1 is 1.07 bits per heavy atom. The van der Waals surface area contributed by atoms with Gasteiger partial charge in [0, 0.05) is 5.56 Å². The smallest absolute Gasteiger partial charge is 0.195 e. The predicted molar refractivity (Wildman–Crippen MR) is 87.4 cm³/mol. The van der Waals surface area contributed by atoms with Crippen molar-refractivity contribution >= 4 is 11.4 Å². The normalized spacial score (nSPS) is 20.4. The Morgan fingerprint density at radius 3 is 2.30 bits per heavy atom. The van der Waals surface area contributed by atoms with Crippen molar-refractivity contribution in [1.29, 1.82) is 5.26 Å². The molecule has 3 rings (SSSR count). The summed E-state index contributed by atoms with van der Waals surface area (Å²) in [5.41, 5.74) is -2.06. The third-order valence-corrected chi connectivity index (χ3v) is 4.39. The number of nitriles is 1. The quantitative estimate of drug-likeness (QED) is 0.488. The monoisotopic (exact) mass is 379 g/mol. The summed E-state index contributed by atoms with van der Waals surface area (Å²) in [7, 11) is 0. The lowest BCUT2D eigenvalue weighted by atomic mass is 9.89. The Hall–Kier alpha value is -2.96. The van der Waals surface area contributed by atoms with E-state index in [2.05, 4.69) is 5.10 Å². The van der Waals surface area contributed by atoms with Crippen molar-refractivity contribution < 1.29 is 27.8 Å². The molecule has 2 N–H and O–H groups in total. The van der Waals surface area contributed by atoms with Crippen LogP contribution in [-0.2, 0) is 0 Å². The maximum atomic E-state index is 14.4. The van der Waals surface area contributed by atoms with Crippen LogP contribution >= 0.6 is 0 Å². The van der Waals surface area contributed by atoms with E-state index in [0.29, 0.717) is 5.69 Å². The second kappa shape index (κ2) is 6.98. The van der Waals surface area contributed by atoms with Crippen LogP contribution in [0.3, 0.4) is 0 Å². The summed E-state index contributed by atoms with van der Waals surface area (Å²) in [5, 5.41) is 35.1. The van der Waals surface area contributed by atoms with Crippen LogP contribution in [0.2, 0.25) is 0 Å². The molecule has 1 aliphatic heterocycles. The molecule has 27 heavy (non-hydrogen) atoms. The van der Waals surface area contributed by atoms with Crippen molar-refractivity contribution in [1.82, 2.24) is 0 Å². The number of anilines is 1. The number of nitrogens with zero attached hydrogens (tertiary/aromatic N) is 3. The summed E-state index contributed by atoms with van der Waals surface area (Å²) < 4.78 is 55.7. The number of para-hydroxylation sites is 1.